The monoisotopic (exact) mass is 359 g/mol. The molecule has 0 radical (unpaired) electrons. The summed E-state index contributed by atoms with van der Waals surface area (Å²) in [6.07, 6.45) is 9.83. The van der Waals surface area contributed by atoms with Gasteiger partial charge in [0.1, 0.15) is 5.82 Å². The summed E-state index contributed by atoms with van der Waals surface area (Å²) in [7, 11) is 0. The zero-order chi connectivity index (χ0) is 15.4. The molecule has 4 nitrogen and oxygen atoms in total. The number of amides is 1. The van der Waals surface area contributed by atoms with Gasteiger partial charge in [-0.15, -0.1) is 0 Å². The SMILES string of the molecule is O=C(C=Cc1ccccc1Br)Nc1ccnn1C1CCCC1. The third-order valence-corrected chi connectivity index (χ3v) is 4.63. The van der Waals surface area contributed by atoms with Crippen molar-refractivity contribution < 1.29 is 4.79 Å². The molecule has 5 heteroatoms. The molecule has 1 aromatic carbocycles. The molecule has 1 amide bonds. The molecule has 1 N–H and O–H groups in total. The van der Waals surface area contributed by atoms with E-state index in [2.05, 4.69) is 26.3 Å². The molecule has 1 saturated carbocycles. The van der Waals surface area contributed by atoms with Crippen molar-refractivity contribution in [3.8, 4) is 0 Å². The molecule has 0 saturated heterocycles. The fraction of sp³-hybridized carbons (Fsp3) is 0.294. The largest absolute Gasteiger partial charge is 0.307 e. The molecule has 0 atom stereocenters. The van der Waals surface area contributed by atoms with Crippen LogP contribution < -0.4 is 5.32 Å². The van der Waals surface area contributed by atoms with E-state index < -0.39 is 0 Å². The van der Waals surface area contributed by atoms with Crippen molar-refractivity contribution >= 4 is 33.7 Å². The molecule has 0 spiro atoms. The van der Waals surface area contributed by atoms with Crippen LogP contribution in [0.2, 0.25) is 0 Å². The third-order valence-electron chi connectivity index (χ3n) is 3.91. The Labute approximate surface area is 138 Å². The second-order valence-electron chi connectivity index (χ2n) is 5.44. The van der Waals surface area contributed by atoms with Gasteiger partial charge >= 0.3 is 0 Å². The molecule has 2 aromatic rings. The molecule has 3 rings (SSSR count). The van der Waals surface area contributed by atoms with E-state index in [0.717, 1.165) is 28.7 Å². The number of hydrogen-bond donors (Lipinski definition) is 1. The third kappa shape index (κ3) is 3.47. The Morgan fingerprint density at radius 1 is 1.27 bits per heavy atom. The summed E-state index contributed by atoms with van der Waals surface area (Å²) >= 11 is 3.47. The van der Waals surface area contributed by atoms with Crippen LogP contribution >= 0.6 is 15.9 Å². The Morgan fingerprint density at radius 2 is 2.05 bits per heavy atom. The van der Waals surface area contributed by atoms with Crippen molar-refractivity contribution in [3.63, 3.8) is 0 Å². The smallest absolute Gasteiger partial charge is 0.249 e. The Morgan fingerprint density at radius 3 is 2.82 bits per heavy atom. The summed E-state index contributed by atoms with van der Waals surface area (Å²) in [5.74, 6) is 0.629. The lowest BCUT2D eigenvalue weighted by Crippen LogP contribution is -2.15. The lowest BCUT2D eigenvalue weighted by Gasteiger charge is -2.13. The maximum atomic E-state index is 12.1. The number of halogens is 1. The van der Waals surface area contributed by atoms with E-state index in [9.17, 15) is 4.79 Å². The number of benzene rings is 1. The standard InChI is InChI=1S/C17H18BrN3O/c18-15-8-4-1-5-13(15)9-10-17(22)20-16-11-12-19-21(16)14-6-2-3-7-14/h1,4-5,8-12,14H,2-3,6-7H2,(H,20,22). The van der Waals surface area contributed by atoms with Crippen molar-refractivity contribution in [2.24, 2.45) is 0 Å². The van der Waals surface area contributed by atoms with Crippen LogP contribution in [-0.4, -0.2) is 15.7 Å². The summed E-state index contributed by atoms with van der Waals surface area (Å²) in [6.45, 7) is 0. The first-order valence-corrected chi connectivity index (χ1v) is 8.30. The summed E-state index contributed by atoms with van der Waals surface area (Å²) in [4.78, 5) is 12.1. The molecular formula is C17H18BrN3O. The van der Waals surface area contributed by atoms with E-state index in [1.165, 1.54) is 12.8 Å². The van der Waals surface area contributed by atoms with E-state index in [4.69, 9.17) is 0 Å². The Balaban J connectivity index is 1.67. The van der Waals surface area contributed by atoms with Gasteiger partial charge < -0.3 is 5.32 Å². The molecule has 114 valence electrons. The van der Waals surface area contributed by atoms with E-state index >= 15 is 0 Å². The van der Waals surface area contributed by atoms with Crippen molar-refractivity contribution in [3.05, 3.63) is 52.6 Å². The first-order chi connectivity index (χ1) is 10.7. The van der Waals surface area contributed by atoms with Crippen LogP contribution in [0.1, 0.15) is 37.3 Å². The molecule has 1 fully saturated rings. The Kier molecular flexibility index (Phi) is 4.73. The summed E-state index contributed by atoms with van der Waals surface area (Å²) in [5.41, 5.74) is 0.974. The number of anilines is 1. The second kappa shape index (κ2) is 6.92. The van der Waals surface area contributed by atoms with Gasteiger partial charge in [-0.3, -0.25) is 4.79 Å². The number of aromatic nitrogens is 2. The molecule has 1 aliphatic rings. The maximum Gasteiger partial charge on any atom is 0.249 e. The summed E-state index contributed by atoms with van der Waals surface area (Å²) in [6, 6.07) is 10.1. The molecule has 22 heavy (non-hydrogen) atoms. The van der Waals surface area contributed by atoms with E-state index in [0.29, 0.717) is 6.04 Å². The van der Waals surface area contributed by atoms with Gasteiger partial charge in [0, 0.05) is 16.6 Å². The molecule has 0 aliphatic heterocycles. The number of nitrogens with one attached hydrogen (secondary N) is 1. The summed E-state index contributed by atoms with van der Waals surface area (Å²) < 4.78 is 2.91. The predicted molar refractivity (Wildman–Crippen MR) is 91.5 cm³/mol. The van der Waals surface area contributed by atoms with Gasteiger partial charge in [-0.05, 0) is 30.5 Å². The predicted octanol–water partition coefficient (Wildman–Crippen LogP) is 4.41. The first-order valence-electron chi connectivity index (χ1n) is 7.51. The van der Waals surface area contributed by atoms with Crippen LogP contribution in [0.5, 0.6) is 0 Å². The van der Waals surface area contributed by atoms with Crippen molar-refractivity contribution in [1.82, 2.24) is 9.78 Å². The zero-order valence-electron chi connectivity index (χ0n) is 12.2. The Bertz CT molecular complexity index is 687. The maximum absolute atomic E-state index is 12.1. The second-order valence-corrected chi connectivity index (χ2v) is 6.30. The van der Waals surface area contributed by atoms with Crippen molar-refractivity contribution in [2.45, 2.75) is 31.7 Å². The van der Waals surface area contributed by atoms with E-state index in [1.807, 2.05) is 35.0 Å². The molecule has 1 aliphatic carbocycles. The van der Waals surface area contributed by atoms with Gasteiger partial charge in [0.25, 0.3) is 0 Å². The molecular weight excluding hydrogens is 342 g/mol. The average molecular weight is 360 g/mol. The van der Waals surface area contributed by atoms with Gasteiger partial charge in [-0.2, -0.15) is 5.10 Å². The normalized spacial score (nSPS) is 15.5. The molecule has 0 bridgehead atoms. The minimum absolute atomic E-state index is 0.143. The fourth-order valence-electron chi connectivity index (χ4n) is 2.80. The number of carbonyl (C=O) groups excluding carboxylic acids is 1. The van der Waals surface area contributed by atoms with Gasteiger partial charge in [0.15, 0.2) is 0 Å². The summed E-state index contributed by atoms with van der Waals surface area (Å²) in [5, 5.41) is 7.27. The van der Waals surface area contributed by atoms with Crippen LogP contribution in [0.25, 0.3) is 6.08 Å². The molecule has 1 aromatic heterocycles. The highest BCUT2D eigenvalue weighted by Gasteiger charge is 2.20. The van der Waals surface area contributed by atoms with Crippen LogP contribution in [-0.2, 0) is 4.79 Å². The van der Waals surface area contributed by atoms with Crippen LogP contribution in [0.15, 0.2) is 47.1 Å². The highest BCUT2D eigenvalue weighted by molar-refractivity contribution is 9.10. The van der Waals surface area contributed by atoms with Gasteiger partial charge in [0.2, 0.25) is 5.91 Å². The number of carbonyl (C=O) groups is 1. The topological polar surface area (TPSA) is 46.9 Å². The van der Waals surface area contributed by atoms with Gasteiger partial charge in [-0.25, -0.2) is 4.68 Å². The van der Waals surface area contributed by atoms with Crippen molar-refractivity contribution in [2.75, 3.05) is 5.32 Å². The average Bonchev–Trinajstić information content (AvgIpc) is 3.17. The van der Waals surface area contributed by atoms with E-state index in [1.54, 1.807) is 18.3 Å². The number of hydrogen-bond acceptors (Lipinski definition) is 2. The highest BCUT2D eigenvalue weighted by Crippen LogP contribution is 2.31. The zero-order valence-corrected chi connectivity index (χ0v) is 13.8. The highest BCUT2D eigenvalue weighted by atomic mass is 79.9. The quantitative estimate of drug-likeness (QED) is 0.821. The minimum atomic E-state index is -0.143. The van der Waals surface area contributed by atoms with Crippen LogP contribution in [0.3, 0.4) is 0 Å². The lowest BCUT2D eigenvalue weighted by molar-refractivity contribution is -0.111. The number of nitrogens with zero attached hydrogens (tertiary/aromatic N) is 2. The molecule has 0 unspecified atom stereocenters. The van der Waals surface area contributed by atoms with Gasteiger partial charge in [-0.1, -0.05) is 47.0 Å². The van der Waals surface area contributed by atoms with Crippen LogP contribution in [0, 0.1) is 0 Å². The minimum Gasteiger partial charge on any atom is -0.307 e. The molecule has 1 heterocycles. The van der Waals surface area contributed by atoms with E-state index in [-0.39, 0.29) is 5.91 Å². The first kappa shape index (κ1) is 15.0. The van der Waals surface area contributed by atoms with Gasteiger partial charge in [0.05, 0.1) is 12.2 Å². The lowest BCUT2D eigenvalue weighted by atomic mass is 10.2. The number of rotatable bonds is 4. The van der Waals surface area contributed by atoms with Crippen molar-refractivity contribution in [1.29, 1.82) is 0 Å². The van der Waals surface area contributed by atoms with Crippen LogP contribution in [0.4, 0.5) is 5.82 Å². The Hall–Kier alpha value is -1.88. The fourth-order valence-corrected chi connectivity index (χ4v) is 3.21.